The topological polar surface area (TPSA) is 96.6 Å². The van der Waals surface area contributed by atoms with E-state index in [2.05, 4.69) is 31.3 Å². The summed E-state index contributed by atoms with van der Waals surface area (Å²) < 4.78 is 27.9. The third-order valence-corrected chi connectivity index (χ3v) is 12.2. The van der Waals surface area contributed by atoms with Crippen LogP contribution in [0.4, 0.5) is 5.82 Å². The second-order valence-corrected chi connectivity index (χ2v) is 16.4. The number of nitrogens with one attached hydrogen (secondary N) is 1. The normalized spacial score (nSPS) is 11.8. The summed E-state index contributed by atoms with van der Waals surface area (Å²) in [5.41, 5.74) is 2.72. The standard InChI is InChI=1S/C22H21BrIN4O3S/c23-18-14-26-28-21(13-19(27-22(18)28)17-9-4-5-10-20(17)29)25-12-6-11-24-32(30,31)15-16-7-2-1-3-8-16/h1-5,7-10,13-14,25,29H,6,11-12,15H2/q-1. The maximum atomic E-state index is 12.4. The quantitative estimate of drug-likeness (QED) is 0.126. The van der Waals surface area contributed by atoms with Crippen LogP contribution in [0.1, 0.15) is 12.0 Å². The molecule has 32 heavy (non-hydrogen) atoms. The number of benzene rings is 2. The second kappa shape index (κ2) is 10.2. The number of hydrogen-bond donors (Lipinski definition) is 2. The van der Waals surface area contributed by atoms with Gasteiger partial charge in [0.25, 0.3) is 0 Å². The van der Waals surface area contributed by atoms with Crippen LogP contribution >= 0.6 is 15.9 Å². The molecule has 7 nitrogen and oxygen atoms in total. The van der Waals surface area contributed by atoms with E-state index in [9.17, 15) is 13.5 Å². The number of halogens is 2. The van der Waals surface area contributed by atoms with Crippen molar-refractivity contribution in [3.63, 3.8) is 0 Å². The second-order valence-electron chi connectivity index (χ2n) is 7.02. The summed E-state index contributed by atoms with van der Waals surface area (Å²) >= 11 is 2.52. The maximum absolute atomic E-state index is 12.4. The SMILES string of the molecule is O=S(=O)(Cc1ccccc1)[I-]CCCNc1cc(-c2ccccc2O)nc2c(Br)cnn12. The van der Waals surface area contributed by atoms with Gasteiger partial charge in [-0.25, -0.2) is 0 Å². The van der Waals surface area contributed by atoms with Gasteiger partial charge in [-0.05, 0) is 0 Å². The Hall–Kier alpha value is -2.18. The van der Waals surface area contributed by atoms with Gasteiger partial charge in [0.05, 0.1) is 0 Å². The zero-order valence-electron chi connectivity index (χ0n) is 16.9. The molecule has 4 rings (SSSR count). The molecule has 0 radical (unpaired) electrons. The molecule has 0 aliphatic rings. The number of alkyl halides is 1. The first kappa shape index (κ1) is 23.0. The van der Waals surface area contributed by atoms with Gasteiger partial charge >= 0.3 is 205 Å². The van der Waals surface area contributed by atoms with E-state index in [0.717, 1.165) is 22.3 Å². The third-order valence-electron chi connectivity index (χ3n) is 4.65. The predicted octanol–water partition coefficient (Wildman–Crippen LogP) is 1.29. The number of rotatable bonds is 9. The average Bonchev–Trinajstić information content (AvgIpc) is 3.15. The van der Waals surface area contributed by atoms with Gasteiger partial charge in [-0.3, -0.25) is 0 Å². The number of phenolic OH excluding ortho intramolecular Hbond substituents is 1. The number of phenols is 1. The molecule has 168 valence electrons. The number of para-hydroxylation sites is 1. The van der Waals surface area contributed by atoms with Crippen LogP contribution in [0.3, 0.4) is 0 Å². The van der Waals surface area contributed by atoms with Crippen LogP contribution in [0.25, 0.3) is 16.9 Å². The molecule has 2 N–H and O–H groups in total. The summed E-state index contributed by atoms with van der Waals surface area (Å²) in [6, 6.07) is 18.2. The van der Waals surface area contributed by atoms with Crippen molar-refractivity contribution in [2.24, 2.45) is 0 Å². The van der Waals surface area contributed by atoms with E-state index in [0.29, 0.717) is 27.9 Å². The van der Waals surface area contributed by atoms with Crippen LogP contribution in [0.2, 0.25) is 0 Å². The zero-order chi connectivity index (χ0) is 22.6. The summed E-state index contributed by atoms with van der Waals surface area (Å²) in [6.45, 7) is 0.609. The summed E-state index contributed by atoms with van der Waals surface area (Å²) in [4.78, 5) is 4.62. The van der Waals surface area contributed by atoms with Crippen LogP contribution in [-0.2, 0) is 12.8 Å². The molecule has 4 aromatic rings. The van der Waals surface area contributed by atoms with Gasteiger partial charge in [0.2, 0.25) is 0 Å². The van der Waals surface area contributed by atoms with Crippen molar-refractivity contribution >= 4 is 34.4 Å². The van der Waals surface area contributed by atoms with Gasteiger partial charge in [0.15, 0.2) is 0 Å². The number of fused-ring (bicyclic) bond motifs is 1. The molecule has 0 aliphatic heterocycles. The number of nitrogens with zero attached hydrogens (tertiary/aromatic N) is 3. The average molecular weight is 628 g/mol. The zero-order valence-corrected chi connectivity index (χ0v) is 21.5. The van der Waals surface area contributed by atoms with Gasteiger partial charge < -0.3 is 0 Å². The van der Waals surface area contributed by atoms with Crippen LogP contribution < -0.4 is 25.1 Å². The summed E-state index contributed by atoms with van der Waals surface area (Å²) in [6.07, 6.45) is 2.41. The minimum atomic E-state index is -3.04. The Morgan fingerprint density at radius 3 is 2.62 bits per heavy atom. The van der Waals surface area contributed by atoms with Gasteiger partial charge in [0.1, 0.15) is 0 Å². The minimum absolute atomic E-state index is 0.116. The van der Waals surface area contributed by atoms with Crippen molar-refractivity contribution in [3.05, 3.63) is 76.9 Å². The van der Waals surface area contributed by atoms with Crippen LogP contribution in [0.5, 0.6) is 5.75 Å². The molecule has 2 heterocycles. The molecular weight excluding hydrogens is 607 g/mol. The van der Waals surface area contributed by atoms with E-state index < -0.39 is 26.8 Å². The Morgan fingerprint density at radius 2 is 1.84 bits per heavy atom. The molecule has 2 aromatic heterocycles. The summed E-state index contributed by atoms with van der Waals surface area (Å²) in [5.74, 6) is 0.994. The van der Waals surface area contributed by atoms with E-state index >= 15 is 0 Å². The third kappa shape index (κ3) is 5.59. The van der Waals surface area contributed by atoms with E-state index in [1.807, 2.05) is 48.5 Å². The van der Waals surface area contributed by atoms with Gasteiger partial charge in [0, 0.05) is 0 Å². The van der Waals surface area contributed by atoms with Crippen molar-refractivity contribution in [2.45, 2.75) is 12.2 Å². The van der Waals surface area contributed by atoms with Crippen LogP contribution in [-0.4, -0.2) is 39.1 Å². The molecule has 0 aliphatic carbocycles. The molecule has 0 spiro atoms. The van der Waals surface area contributed by atoms with Gasteiger partial charge in [-0.2, -0.15) is 0 Å². The molecule has 0 amide bonds. The number of aromatic hydroxyl groups is 1. The first-order valence-electron chi connectivity index (χ1n) is 9.87. The van der Waals surface area contributed by atoms with Crippen LogP contribution in [0, 0.1) is 0 Å². The van der Waals surface area contributed by atoms with E-state index in [1.165, 1.54) is 0 Å². The number of aromatic nitrogens is 3. The van der Waals surface area contributed by atoms with E-state index in [4.69, 9.17) is 0 Å². The Morgan fingerprint density at radius 1 is 1.09 bits per heavy atom. The summed E-state index contributed by atoms with van der Waals surface area (Å²) in [5, 5.41) is 17.9. The van der Waals surface area contributed by atoms with Gasteiger partial charge in [-0.15, -0.1) is 0 Å². The van der Waals surface area contributed by atoms with Crippen molar-refractivity contribution < 1.29 is 33.3 Å². The van der Waals surface area contributed by atoms with Crippen molar-refractivity contribution in [1.82, 2.24) is 14.6 Å². The fourth-order valence-electron chi connectivity index (χ4n) is 3.16. The Bertz CT molecular complexity index is 1330. The molecule has 0 atom stereocenters. The Kier molecular flexibility index (Phi) is 7.31. The molecule has 0 bridgehead atoms. The molecule has 2 aromatic carbocycles. The molecule has 0 saturated heterocycles. The van der Waals surface area contributed by atoms with E-state index in [-0.39, 0.29) is 11.5 Å². The fraction of sp³-hybridized carbons (Fsp3) is 0.182. The molecule has 10 heteroatoms. The fourth-order valence-corrected chi connectivity index (χ4v) is 9.59. The summed E-state index contributed by atoms with van der Waals surface area (Å²) in [7, 11) is -3.04. The molecule has 0 saturated carbocycles. The number of hydrogen-bond acceptors (Lipinski definition) is 6. The monoisotopic (exact) mass is 627 g/mol. The Labute approximate surface area is 203 Å². The van der Waals surface area contributed by atoms with E-state index in [1.54, 1.807) is 22.8 Å². The van der Waals surface area contributed by atoms with Gasteiger partial charge in [-0.1, -0.05) is 0 Å². The van der Waals surface area contributed by atoms with Crippen molar-refractivity contribution in [3.8, 4) is 17.0 Å². The first-order chi connectivity index (χ1) is 15.4. The molecule has 0 unspecified atom stereocenters. The van der Waals surface area contributed by atoms with Crippen molar-refractivity contribution in [2.75, 3.05) is 16.3 Å². The number of anilines is 1. The van der Waals surface area contributed by atoms with Crippen molar-refractivity contribution in [1.29, 1.82) is 0 Å². The first-order valence-corrected chi connectivity index (χ1v) is 16.4. The Balaban J connectivity index is 1.41. The molecular formula is C22H21BrIN4O3S-. The molecule has 0 fully saturated rings. The van der Waals surface area contributed by atoms with Crippen LogP contribution in [0.15, 0.2) is 71.3 Å². The predicted molar refractivity (Wildman–Crippen MR) is 125 cm³/mol.